The van der Waals surface area contributed by atoms with Crippen molar-refractivity contribution in [2.45, 2.75) is 74.0 Å². The molecule has 5 aromatic carbocycles. The minimum absolute atomic E-state index is 0.231. The lowest BCUT2D eigenvalue weighted by atomic mass is 9.55. The number of pyridine rings is 5. The first-order chi connectivity index (χ1) is 43.4. The van der Waals surface area contributed by atoms with Gasteiger partial charge in [0, 0.05) is 77.4 Å². The van der Waals surface area contributed by atoms with Gasteiger partial charge in [-0.3, -0.25) is 14.4 Å². The summed E-state index contributed by atoms with van der Waals surface area (Å²) in [5.41, 5.74) is 12.2. The van der Waals surface area contributed by atoms with Crippen LogP contribution in [0, 0.1) is 23.0 Å². The summed E-state index contributed by atoms with van der Waals surface area (Å²) < 4.78 is 21.0. The van der Waals surface area contributed by atoms with E-state index in [4.69, 9.17) is 9.47 Å². The second-order valence-electron chi connectivity index (χ2n) is 22.8. The Kier molecular flexibility index (Phi) is 21.4. The molecule has 89 heavy (non-hydrogen) atoms. The highest BCUT2D eigenvalue weighted by Crippen LogP contribution is 2.62. The van der Waals surface area contributed by atoms with E-state index in [0.29, 0.717) is 41.0 Å². The molecule has 0 fully saturated rings. The van der Waals surface area contributed by atoms with Gasteiger partial charge in [-0.2, -0.15) is 0 Å². The van der Waals surface area contributed by atoms with Gasteiger partial charge in [0.1, 0.15) is 65.6 Å². The fraction of sp³-hybridized carbons (Fsp3) is 0.221. The molecule has 5 aromatic heterocycles. The lowest BCUT2D eigenvalue weighted by molar-refractivity contribution is -0.671. The van der Waals surface area contributed by atoms with Crippen molar-refractivity contribution < 1.29 is 46.7 Å². The van der Waals surface area contributed by atoms with Gasteiger partial charge in [-0.25, -0.2) is 22.8 Å². The second kappa shape index (κ2) is 30.2. The maximum absolute atomic E-state index is 12.9. The van der Waals surface area contributed by atoms with Crippen LogP contribution in [-0.4, -0.2) is 18.9 Å². The van der Waals surface area contributed by atoms with Gasteiger partial charge in [-0.1, -0.05) is 111 Å². The fourth-order valence-corrected chi connectivity index (χ4v) is 12.9. The number of ether oxygens (including phenoxy) is 2. The number of carbonyl (C=O) groups excluding carboxylic acids is 3. The van der Waals surface area contributed by atoms with Crippen molar-refractivity contribution in [1.29, 1.82) is 10.5 Å². The predicted molar refractivity (Wildman–Crippen MR) is 340 cm³/mol. The Morgan fingerprint density at radius 3 is 0.854 bits per heavy atom. The first-order valence-electron chi connectivity index (χ1n) is 30.1. The molecule has 0 aliphatic heterocycles. The Morgan fingerprint density at radius 1 is 0.315 bits per heavy atom. The van der Waals surface area contributed by atoms with Crippen LogP contribution in [0.15, 0.2) is 244 Å². The average molecular weight is 1180 g/mol. The van der Waals surface area contributed by atoms with Crippen LogP contribution in [0.5, 0.6) is 11.5 Å². The molecule has 444 valence electrons. The number of rotatable bonds is 24. The number of nitriles is 2. The zero-order valence-electron chi connectivity index (χ0n) is 51.5. The Balaban J connectivity index is 0.00000466. The number of hydrogen-bond donors (Lipinski definition) is 0. The van der Waals surface area contributed by atoms with Crippen molar-refractivity contribution in [3.8, 4) is 24.0 Å². The number of aldehydes is 3. The smallest absolute Gasteiger partial charge is 0.292 e. The number of benzene rings is 5. The third kappa shape index (κ3) is 15.4. The molecule has 0 radical (unpaired) electrons. The van der Waals surface area contributed by atoms with E-state index in [1.807, 2.05) is 144 Å². The van der Waals surface area contributed by atoms with E-state index < -0.39 is 23.7 Å². The number of aromatic nitrogens is 5. The SMILES string of the molecule is CC.C[n+]1ccc(CC(c2ccc(OC#N)cc2)C(c2ccc(C=O)cc2)C(c2cc[n+](C)cc2)C(c2cc[n+](C)cc2)C(c2ccc(C=O)cc2)C(c2ccc(C=O)cc2)C(c2cc[n+](C)cc2)C(Cc2ccc(OC#N)cc2)c2cc[n+](C)cc2)cc1. The maximum Gasteiger partial charge on any atom is 0.292 e. The Bertz CT molecular complexity index is 4000. The van der Waals surface area contributed by atoms with Gasteiger partial charge >= 0.3 is 0 Å². The molecule has 0 amide bonds. The highest BCUT2D eigenvalue weighted by atomic mass is 16.5. The molecule has 0 aliphatic carbocycles. The largest absolute Gasteiger partial charge is 0.388 e. The average Bonchev–Trinajstić information content (AvgIpc) is 1.04. The summed E-state index contributed by atoms with van der Waals surface area (Å²) in [6.07, 6.45) is 28.6. The molecular formula is C77H76N7O5+5. The fourth-order valence-electron chi connectivity index (χ4n) is 12.9. The standard InChI is InChI=1S/C75H70N7O5.C2H6/c1-78-36-26-54(27-37-78)47-68(58-20-24-67(25-21-58)87-52-77)70(60-14-6-55(48-83)7-15-60)73(64-32-42-81(4)43-33-64)75(65-34-44-82(5)45-35-65)74(62-18-10-57(50-85)11-19-62)72(61-16-8-56(49-84)9-17-61)71(63-30-40-80(3)41-31-63)69(59-28-38-79(2)39-29-59)46-53-12-22-66(23-13-53)86-51-76;1-2/h6-45,48-50,68-75H,46-47H2,1-5H3;1-2H3/q+5;. The zero-order chi connectivity index (χ0) is 62.8. The van der Waals surface area contributed by atoms with Crippen molar-refractivity contribution in [3.05, 3.63) is 316 Å². The van der Waals surface area contributed by atoms with E-state index in [1.54, 1.807) is 0 Å². The van der Waals surface area contributed by atoms with Gasteiger partial charge in [0.25, 0.3) is 12.5 Å². The molecule has 0 N–H and O–H groups in total. The van der Waals surface area contributed by atoms with Crippen LogP contribution in [-0.2, 0) is 48.1 Å². The topological polar surface area (TPSA) is 137 Å². The number of nitrogens with zero attached hydrogens (tertiary/aromatic N) is 7. The molecule has 0 spiro atoms. The summed E-state index contributed by atoms with van der Waals surface area (Å²) in [4.78, 5) is 38.3. The first kappa shape index (κ1) is 63.0. The van der Waals surface area contributed by atoms with E-state index in [2.05, 4.69) is 185 Å². The van der Waals surface area contributed by atoms with E-state index in [0.717, 1.165) is 74.5 Å². The second-order valence-corrected chi connectivity index (χ2v) is 22.8. The summed E-state index contributed by atoms with van der Waals surface area (Å²) in [7, 11) is 10.1. The third-order valence-corrected chi connectivity index (χ3v) is 17.3. The van der Waals surface area contributed by atoms with Crippen LogP contribution < -0.4 is 32.3 Å². The number of carbonyl (C=O) groups is 3. The van der Waals surface area contributed by atoms with E-state index in [-0.39, 0.29) is 23.7 Å². The monoisotopic (exact) mass is 1180 g/mol. The van der Waals surface area contributed by atoms with Crippen molar-refractivity contribution in [1.82, 2.24) is 0 Å². The van der Waals surface area contributed by atoms with Crippen LogP contribution in [0.3, 0.4) is 0 Å². The molecule has 10 aromatic rings. The molecule has 0 saturated carbocycles. The lowest BCUT2D eigenvalue weighted by Gasteiger charge is -2.47. The normalized spacial score (nSPS) is 13.6. The molecule has 0 aliphatic rings. The Labute approximate surface area is 523 Å². The Morgan fingerprint density at radius 2 is 0.539 bits per heavy atom. The first-order valence-corrected chi connectivity index (χ1v) is 30.1. The molecule has 0 saturated heterocycles. The van der Waals surface area contributed by atoms with Gasteiger partial charge in [0.2, 0.25) is 0 Å². The molecule has 12 heteroatoms. The van der Waals surface area contributed by atoms with Gasteiger partial charge in [-0.15, -0.1) is 10.5 Å². The van der Waals surface area contributed by atoms with Crippen molar-refractivity contribution in [2.24, 2.45) is 35.2 Å². The molecule has 10 rings (SSSR count). The lowest BCUT2D eigenvalue weighted by Crippen LogP contribution is -2.36. The Hall–Kier alpha value is -10.6. The van der Waals surface area contributed by atoms with Crippen LogP contribution >= 0.6 is 0 Å². The summed E-state index contributed by atoms with van der Waals surface area (Å²) in [6, 6.07) is 62.2. The van der Waals surface area contributed by atoms with Gasteiger partial charge in [0.05, 0.1) is 0 Å². The van der Waals surface area contributed by atoms with Gasteiger partial charge in [0.15, 0.2) is 62.0 Å². The number of hydrogen-bond acceptors (Lipinski definition) is 7. The predicted octanol–water partition coefficient (Wildman–Crippen LogP) is 12.0. The van der Waals surface area contributed by atoms with E-state index in [9.17, 15) is 24.9 Å². The van der Waals surface area contributed by atoms with Gasteiger partial charge < -0.3 is 9.47 Å². The summed E-state index contributed by atoms with van der Waals surface area (Å²) in [5.74, 6) is -2.02. The van der Waals surface area contributed by atoms with E-state index in [1.165, 1.54) is 0 Å². The summed E-state index contributed by atoms with van der Waals surface area (Å²) >= 11 is 0. The van der Waals surface area contributed by atoms with Crippen LogP contribution in [0.1, 0.15) is 148 Å². The highest BCUT2D eigenvalue weighted by Gasteiger charge is 2.49. The van der Waals surface area contributed by atoms with Gasteiger partial charge in [-0.05, 0) is 140 Å². The van der Waals surface area contributed by atoms with Crippen molar-refractivity contribution >= 4 is 18.9 Å². The van der Waals surface area contributed by atoms with E-state index >= 15 is 0 Å². The molecule has 8 unspecified atom stereocenters. The minimum Gasteiger partial charge on any atom is -0.388 e. The zero-order valence-corrected chi connectivity index (χ0v) is 51.5. The number of aryl methyl sites for hydroxylation is 5. The molecule has 12 nitrogen and oxygen atoms in total. The van der Waals surface area contributed by atoms with Crippen LogP contribution in [0.4, 0.5) is 0 Å². The van der Waals surface area contributed by atoms with Crippen LogP contribution in [0.2, 0.25) is 0 Å². The summed E-state index contributed by atoms with van der Waals surface area (Å²) in [6.45, 7) is 4.00. The quantitative estimate of drug-likeness (QED) is 0.0334. The van der Waals surface area contributed by atoms with Crippen molar-refractivity contribution in [3.63, 3.8) is 0 Å². The third-order valence-electron chi connectivity index (χ3n) is 17.3. The molecule has 5 heterocycles. The molecule has 0 bridgehead atoms. The van der Waals surface area contributed by atoms with Crippen molar-refractivity contribution in [2.75, 3.05) is 0 Å². The van der Waals surface area contributed by atoms with Crippen LogP contribution in [0.25, 0.3) is 0 Å². The maximum atomic E-state index is 12.9. The molecule has 8 atom stereocenters. The molecular weight excluding hydrogens is 1100 g/mol. The summed E-state index contributed by atoms with van der Waals surface area (Å²) in [5, 5.41) is 19.2. The highest BCUT2D eigenvalue weighted by molar-refractivity contribution is 5.76. The minimum atomic E-state index is -0.452.